The van der Waals surface area contributed by atoms with Crippen LogP contribution in [0, 0.1) is 0 Å². The van der Waals surface area contributed by atoms with E-state index in [0.717, 1.165) is 14.5 Å². The average Bonchev–Trinajstić information content (AvgIpc) is 2.33. The molecule has 0 radical (unpaired) electrons. The van der Waals surface area contributed by atoms with Gasteiger partial charge >= 0.3 is 0 Å². The van der Waals surface area contributed by atoms with Crippen LogP contribution in [0.1, 0.15) is 0 Å². The monoisotopic (exact) mass is 312 g/mol. The molecule has 1 heterocycles. The second kappa shape index (κ2) is 5.70. The molecule has 2 rings (SSSR count). The first-order chi connectivity index (χ1) is 7.78. The molecule has 0 aliphatic carbocycles. The van der Waals surface area contributed by atoms with Gasteiger partial charge in [0.15, 0.2) is 5.16 Å². The Bertz CT molecular complexity index is 456. The molecule has 0 aliphatic rings. The van der Waals surface area contributed by atoms with Crippen LogP contribution >= 0.6 is 39.5 Å². The Morgan fingerprint density at radius 3 is 2.19 bits per heavy atom. The summed E-state index contributed by atoms with van der Waals surface area (Å²) in [7, 11) is 0. The summed E-state index contributed by atoms with van der Waals surface area (Å²) in [6.07, 6.45) is 5.67. The first-order valence-corrected chi connectivity index (χ1v) is 7.41. The standard InChI is InChI=1S/C11H9BrN2S2/c1-15-11-13-6-10(7-14-11)16-9-4-2-8(12)3-5-9/h2-7H,1H3. The largest absolute Gasteiger partial charge is 0.230 e. The van der Waals surface area contributed by atoms with E-state index in [-0.39, 0.29) is 0 Å². The number of thioether (sulfide) groups is 1. The van der Waals surface area contributed by atoms with Crippen LogP contribution in [0.4, 0.5) is 0 Å². The maximum absolute atomic E-state index is 4.23. The third kappa shape index (κ3) is 3.23. The van der Waals surface area contributed by atoms with E-state index in [4.69, 9.17) is 0 Å². The van der Waals surface area contributed by atoms with Crippen LogP contribution in [0.15, 0.2) is 56.1 Å². The predicted molar refractivity (Wildman–Crippen MR) is 72.1 cm³/mol. The molecule has 2 aromatic rings. The van der Waals surface area contributed by atoms with Crippen molar-refractivity contribution in [3.05, 3.63) is 41.1 Å². The number of hydrogen-bond acceptors (Lipinski definition) is 4. The minimum atomic E-state index is 0.806. The second-order valence-electron chi connectivity index (χ2n) is 2.96. The Hall–Kier alpha value is -0.520. The van der Waals surface area contributed by atoms with E-state index in [1.807, 2.05) is 30.8 Å². The Morgan fingerprint density at radius 2 is 1.62 bits per heavy atom. The summed E-state index contributed by atoms with van der Waals surface area (Å²) < 4.78 is 1.09. The van der Waals surface area contributed by atoms with Crippen LogP contribution in [0.25, 0.3) is 0 Å². The molecule has 1 aromatic heterocycles. The second-order valence-corrected chi connectivity index (χ2v) is 5.80. The molecule has 5 heteroatoms. The van der Waals surface area contributed by atoms with Gasteiger partial charge in [0.05, 0.1) is 0 Å². The number of halogens is 1. The van der Waals surface area contributed by atoms with Crippen molar-refractivity contribution in [2.45, 2.75) is 14.9 Å². The van der Waals surface area contributed by atoms with Crippen molar-refractivity contribution in [2.24, 2.45) is 0 Å². The van der Waals surface area contributed by atoms with E-state index >= 15 is 0 Å². The summed E-state index contributed by atoms with van der Waals surface area (Å²) in [6.45, 7) is 0. The van der Waals surface area contributed by atoms with Gasteiger partial charge in [0.2, 0.25) is 0 Å². The fourth-order valence-corrected chi connectivity index (χ4v) is 2.44. The fraction of sp³-hybridized carbons (Fsp3) is 0.0909. The smallest absolute Gasteiger partial charge is 0.187 e. The van der Waals surface area contributed by atoms with Gasteiger partial charge in [0.1, 0.15) is 0 Å². The van der Waals surface area contributed by atoms with E-state index in [1.54, 1.807) is 23.5 Å². The van der Waals surface area contributed by atoms with Gasteiger partial charge in [-0.2, -0.15) is 0 Å². The topological polar surface area (TPSA) is 25.8 Å². The van der Waals surface area contributed by atoms with Gasteiger partial charge in [0, 0.05) is 26.7 Å². The average molecular weight is 313 g/mol. The molecule has 0 aliphatic heterocycles. The van der Waals surface area contributed by atoms with Crippen molar-refractivity contribution < 1.29 is 0 Å². The highest BCUT2D eigenvalue weighted by Crippen LogP contribution is 2.27. The van der Waals surface area contributed by atoms with Gasteiger partial charge in [-0.05, 0) is 30.5 Å². The van der Waals surface area contributed by atoms with E-state index < -0.39 is 0 Å². The summed E-state index contributed by atoms with van der Waals surface area (Å²) in [5, 5.41) is 0.806. The lowest BCUT2D eigenvalue weighted by atomic mass is 10.4. The molecule has 0 saturated heterocycles. The number of aromatic nitrogens is 2. The molecule has 0 spiro atoms. The van der Waals surface area contributed by atoms with Crippen molar-refractivity contribution in [3.63, 3.8) is 0 Å². The van der Waals surface area contributed by atoms with E-state index in [9.17, 15) is 0 Å². The van der Waals surface area contributed by atoms with Gasteiger partial charge < -0.3 is 0 Å². The fourth-order valence-electron chi connectivity index (χ4n) is 1.10. The molecular weight excluding hydrogens is 304 g/mol. The molecular formula is C11H9BrN2S2. The number of benzene rings is 1. The molecule has 0 amide bonds. The third-order valence-corrected chi connectivity index (χ3v) is 3.90. The summed E-state index contributed by atoms with van der Waals surface area (Å²) >= 11 is 6.62. The molecule has 0 N–H and O–H groups in total. The summed E-state index contributed by atoms with van der Waals surface area (Å²) in [4.78, 5) is 10.7. The molecule has 0 fully saturated rings. The van der Waals surface area contributed by atoms with Crippen LogP contribution < -0.4 is 0 Å². The summed E-state index contributed by atoms with van der Waals surface area (Å²) in [5.74, 6) is 0. The molecule has 82 valence electrons. The van der Waals surface area contributed by atoms with Gasteiger partial charge in [-0.15, -0.1) is 0 Å². The summed E-state index contributed by atoms with van der Waals surface area (Å²) in [6, 6.07) is 8.19. The molecule has 0 saturated carbocycles. The molecule has 2 nitrogen and oxygen atoms in total. The quantitative estimate of drug-likeness (QED) is 0.629. The molecule has 0 bridgehead atoms. The zero-order valence-corrected chi connectivity index (χ0v) is 11.8. The zero-order chi connectivity index (χ0) is 11.4. The van der Waals surface area contributed by atoms with Gasteiger partial charge in [0.25, 0.3) is 0 Å². The molecule has 16 heavy (non-hydrogen) atoms. The number of nitrogens with zero attached hydrogens (tertiary/aromatic N) is 2. The van der Waals surface area contributed by atoms with Crippen molar-refractivity contribution in [2.75, 3.05) is 6.26 Å². The SMILES string of the molecule is CSc1ncc(Sc2ccc(Br)cc2)cn1. The lowest BCUT2D eigenvalue weighted by Gasteiger charge is -2.01. The first-order valence-electron chi connectivity index (χ1n) is 4.57. The Balaban J connectivity index is 2.11. The lowest BCUT2D eigenvalue weighted by Crippen LogP contribution is -1.84. The van der Waals surface area contributed by atoms with Crippen LogP contribution in [0.5, 0.6) is 0 Å². The third-order valence-electron chi connectivity index (χ3n) is 1.84. The number of hydrogen-bond donors (Lipinski definition) is 0. The van der Waals surface area contributed by atoms with Crippen molar-refractivity contribution in [1.29, 1.82) is 0 Å². The summed E-state index contributed by atoms with van der Waals surface area (Å²) in [5.41, 5.74) is 0. The Kier molecular flexibility index (Phi) is 4.26. The maximum Gasteiger partial charge on any atom is 0.187 e. The van der Waals surface area contributed by atoms with Crippen molar-refractivity contribution in [1.82, 2.24) is 9.97 Å². The van der Waals surface area contributed by atoms with E-state index in [1.165, 1.54) is 4.90 Å². The number of rotatable bonds is 3. The van der Waals surface area contributed by atoms with Gasteiger partial charge in [-0.1, -0.05) is 39.5 Å². The lowest BCUT2D eigenvalue weighted by molar-refractivity contribution is 0.933. The highest BCUT2D eigenvalue weighted by atomic mass is 79.9. The van der Waals surface area contributed by atoms with Gasteiger partial charge in [-0.25, -0.2) is 9.97 Å². The van der Waals surface area contributed by atoms with Crippen molar-refractivity contribution >= 4 is 39.5 Å². The van der Waals surface area contributed by atoms with Gasteiger partial charge in [-0.3, -0.25) is 0 Å². The Labute approximate surface area is 111 Å². The predicted octanol–water partition coefficient (Wildman–Crippen LogP) is 4.11. The Morgan fingerprint density at radius 1 is 1.00 bits per heavy atom. The molecule has 0 atom stereocenters. The molecule has 1 aromatic carbocycles. The normalized spacial score (nSPS) is 10.4. The van der Waals surface area contributed by atoms with Crippen LogP contribution in [0.3, 0.4) is 0 Å². The van der Waals surface area contributed by atoms with Crippen LogP contribution in [-0.2, 0) is 0 Å². The van der Waals surface area contributed by atoms with Crippen LogP contribution in [0.2, 0.25) is 0 Å². The van der Waals surface area contributed by atoms with Crippen LogP contribution in [-0.4, -0.2) is 16.2 Å². The highest BCUT2D eigenvalue weighted by Gasteiger charge is 1.99. The highest BCUT2D eigenvalue weighted by molar-refractivity contribution is 9.10. The maximum atomic E-state index is 4.23. The van der Waals surface area contributed by atoms with E-state index in [0.29, 0.717) is 0 Å². The van der Waals surface area contributed by atoms with E-state index in [2.05, 4.69) is 38.0 Å². The first kappa shape index (κ1) is 12.0. The minimum absolute atomic E-state index is 0.806. The molecule has 0 unspecified atom stereocenters. The zero-order valence-electron chi connectivity index (χ0n) is 8.55. The van der Waals surface area contributed by atoms with Crippen molar-refractivity contribution in [3.8, 4) is 0 Å². The minimum Gasteiger partial charge on any atom is -0.230 e.